The molecule has 0 saturated heterocycles. The van der Waals surface area contributed by atoms with E-state index in [1.807, 2.05) is 35.0 Å². The summed E-state index contributed by atoms with van der Waals surface area (Å²) >= 11 is 3.15. The normalized spacial score (nSPS) is 11.3. The Balaban J connectivity index is 0.000000772. The summed E-state index contributed by atoms with van der Waals surface area (Å²) in [6, 6.07) is 7.85. The summed E-state index contributed by atoms with van der Waals surface area (Å²) in [5.41, 5.74) is 3.89. The average molecular weight is 1120 g/mol. The lowest BCUT2D eigenvalue weighted by atomic mass is 10.0. The van der Waals surface area contributed by atoms with Gasteiger partial charge in [0.05, 0.1) is 73.5 Å². The first-order valence-corrected chi connectivity index (χ1v) is 32.6. The van der Waals surface area contributed by atoms with Crippen molar-refractivity contribution in [1.29, 1.82) is 0 Å². The molecule has 0 spiro atoms. The van der Waals surface area contributed by atoms with Crippen molar-refractivity contribution in [2.75, 3.05) is 73.5 Å². The number of rotatable bonds is 49. The Bertz CT molecular complexity index is 1780. The van der Waals surface area contributed by atoms with E-state index in [-0.39, 0.29) is 61.4 Å². The van der Waals surface area contributed by atoms with Crippen LogP contribution in [0.3, 0.4) is 0 Å². The molecule has 0 unspecified atom stereocenters. The topological polar surface area (TPSA) is 143 Å². The number of carbonyl (C=O) groups is 6. The van der Waals surface area contributed by atoms with Crippen LogP contribution in [0.1, 0.15) is 243 Å². The average Bonchev–Trinajstić information content (AvgIpc) is 4.11. The summed E-state index contributed by atoms with van der Waals surface area (Å²) < 4.78 is 0.888. The van der Waals surface area contributed by atoms with Gasteiger partial charge in [0.2, 0.25) is 23.6 Å². The lowest BCUT2D eigenvalue weighted by Crippen LogP contribution is -2.50. The second kappa shape index (κ2) is 47.4. The van der Waals surface area contributed by atoms with Gasteiger partial charge in [-0.15, -0.1) is 22.7 Å². The summed E-state index contributed by atoms with van der Waals surface area (Å²) in [6.07, 6.45) is 37.8. The highest BCUT2D eigenvalue weighted by molar-refractivity contribution is 7.10. The second-order valence-electron chi connectivity index (χ2n) is 23.0. The predicted octanol–water partition coefficient (Wildman–Crippen LogP) is 13.5. The fourth-order valence-corrected chi connectivity index (χ4v) is 11.0. The molecule has 0 aliphatic rings. The number of Topliss-reactive ketones (excluding diaryl/α,β-unsaturated/α-hetero) is 2. The number of nitrogens with zero attached hydrogens (tertiary/aromatic N) is 5. The van der Waals surface area contributed by atoms with Crippen LogP contribution >= 0.6 is 22.7 Å². The Labute approximate surface area is 478 Å². The molecule has 0 fully saturated rings. The zero-order valence-electron chi connectivity index (χ0n) is 50.4. The summed E-state index contributed by atoms with van der Waals surface area (Å²) in [6.45, 7) is 11.7. The number of amides is 4. The van der Waals surface area contributed by atoms with Crippen LogP contribution in [0.15, 0.2) is 35.0 Å². The zero-order valence-corrected chi connectivity index (χ0v) is 52.0. The molecule has 0 saturated carbocycles. The van der Waals surface area contributed by atoms with Crippen LogP contribution in [0.25, 0.3) is 0 Å². The Morgan fingerprint density at radius 3 is 1.03 bits per heavy atom. The van der Waals surface area contributed by atoms with Gasteiger partial charge in [-0.05, 0) is 75.3 Å². The van der Waals surface area contributed by atoms with Crippen LogP contribution in [-0.2, 0) is 41.9 Å². The predicted molar refractivity (Wildman–Crippen MR) is 324 cm³/mol. The maximum atomic E-state index is 13.3. The zero-order chi connectivity index (χ0) is 56.8. The molecular weight excluding hydrogens is 1000 g/mol. The monoisotopic (exact) mass is 1110 g/mol. The molecule has 2 rings (SSSR count). The molecular formula is C63H114N6O6S2+2. The summed E-state index contributed by atoms with van der Waals surface area (Å²) in [7, 11) is 6.52. The first kappa shape index (κ1) is 71.6. The largest absolute Gasteiger partial charge is 0.358 e. The van der Waals surface area contributed by atoms with Crippen LogP contribution < -0.4 is 5.73 Å². The van der Waals surface area contributed by atoms with Gasteiger partial charge in [-0.25, -0.2) is 0 Å². The standard InChI is InChI=1S/C33H60N3O3S.C30H53N3O3S/c1-6-7-8-9-10-11-12-13-14-15-16-17-18-23-32(38)34(24-19-20-25-36(3,4)5)29-33(39)35(27-30(2)37)28-31-22-21-26-40-31;1-3-4-5-6-7-8-9-10-11-12-13-14-15-20-29(35)32(22-17-16-21-31)26-30(36)33(24-27(2)34)25-28-19-18-23-37-28/h21-22,26H,6-20,23-25,27-29H2,1-5H3;18-19,23H,3-17,20-22,24-26,31H2,1-2H3/q+1;/p+1. The van der Waals surface area contributed by atoms with Gasteiger partial charge in [0.1, 0.15) is 11.6 Å². The van der Waals surface area contributed by atoms with E-state index in [2.05, 4.69) is 40.7 Å². The van der Waals surface area contributed by atoms with Gasteiger partial charge in [-0.1, -0.05) is 180 Å². The van der Waals surface area contributed by atoms with Gasteiger partial charge in [0.15, 0.2) is 0 Å². The second-order valence-corrected chi connectivity index (χ2v) is 25.0. The number of hydrogen-bond acceptors (Lipinski definition) is 8. The molecule has 0 aromatic carbocycles. The van der Waals surface area contributed by atoms with Crippen molar-refractivity contribution in [3.63, 3.8) is 0 Å². The maximum absolute atomic E-state index is 13.3. The van der Waals surface area contributed by atoms with Crippen molar-refractivity contribution >= 4 is 57.9 Å². The first-order chi connectivity index (χ1) is 37.1. The van der Waals surface area contributed by atoms with Crippen molar-refractivity contribution in [1.82, 2.24) is 19.6 Å². The van der Waals surface area contributed by atoms with Gasteiger partial charge < -0.3 is 29.8 Å². The van der Waals surface area contributed by atoms with E-state index >= 15 is 0 Å². The molecule has 2 heterocycles. The highest BCUT2D eigenvalue weighted by atomic mass is 32.1. The fourth-order valence-electron chi connectivity index (χ4n) is 9.57. The third kappa shape index (κ3) is 41.3. The van der Waals surface area contributed by atoms with Crippen LogP contribution in [0.5, 0.6) is 0 Å². The van der Waals surface area contributed by atoms with Crippen molar-refractivity contribution in [3.05, 3.63) is 44.8 Å². The van der Waals surface area contributed by atoms with Crippen molar-refractivity contribution in [3.8, 4) is 0 Å². The Hall–Kier alpha value is -3.46. The fraction of sp³-hybridized carbons (Fsp3) is 0.778. The van der Waals surface area contributed by atoms with E-state index < -0.39 is 0 Å². The molecule has 2 aromatic heterocycles. The van der Waals surface area contributed by atoms with Gasteiger partial charge in [0, 0.05) is 35.7 Å². The number of ketones is 2. The number of carbonyl (C=O) groups excluding carboxylic acids is 6. The van der Waals surface area contributed by atoms with Crippen LogP contribution in [0.4, 0.5) is 0 Å². The molecule has 0 radical (unpaired) electrons. The lowest BCUT2D eigenvalue weighted by molar-refractivity contribution is -0.870. The van der Waals surface area contributed by atoms with Gasteiger partial charge >= 0.3 is 0 Å². The highest BCUT2D eigenvalue weighted by Crippen LogP contribution is 2.18. The van der Waals surface area contributed by atoms with Crippen molar-refractivity contribution in [2.45, 2.75) is 246 Å². The Kier molecular flexibility index (Phi) is 44.0. The van der Waals surface area contributed by atoms with Crippen LogP contribution in [0.2, 0.25) is 0 Å². The van der Waals surface area contributed by atoms with E-state index in [4.69, 9.17) is 0 Å². The molecule has 4 amide bonds. The molecule has 0 aliphatic heterocycles. The summed E-state index contributed by atoms with van der Waals surface area (Å²) in [4.78, 5) is 85.0. The number of unbranched alkanes of at least 4 members (excludes halogenated alkanes) is 26. The van der Waals surface area contributed by atoms with Crippen molar-refractivity contribution < 1.29 is 39.0 Å². The van der Waals surface area contributed by atoms with E-state index in [9.17, 15) is 28.8 Å². The molecule has 12 nitrogen and oxygen atoms in total. The molecule has 0 bridgehead atoms. The van der Waals surface area contributed by atoms with Gasteiger partial charge in [-0.3, -0.25) is 28.8 Å². The van der Waals surface area contributed by atoms with E-state index in [0.29, 0.717) is 39.0 Å². The molecule has 14 heteroatoms. The summed E-state index contributed by atoms with van der Waals surface area (Å²) in [5.74, 6) is -0.268. The van der Waals surface area contributed by atoms with Crippen LogP contribution in [-0.4, -0.2) is 133 Å². The minimum Gasteiger partial charge on any atom is -0.358 e. The minimum absolute atomic E-state index is 0.0438. The minimum atomic E-state index is -0.156. The maximum Gasteiger partial charge on any atom is 0.242 e. The molecule has 0 atom stereocenters. The third-order valence-electron chi connectivity index (χ3n) is 14.2. The lowest BCUT2D eigenvalue weighted by Gasteiger charge is -2.28. The van der Waals surface area contributed by atoms with Crippen molar-refractivity contribution in [2.24, 2.45) is 0 Å². The Morgan fingerprint density at radius 1 is 0.416 bits per heavy atom. The quantitative estimate of drug-likeness (QED) is 0.0516. The Morgan fingerprint density at radius 2 is 0.740 bits per heavy atom. The molecule has 2 aromatic rings. The SMILES string of the molecule is CCCCCCCCCCCCCCCC(=O)N(CCCC[N+](C)(C)C)CC(=O)N(CC(C)=O)Cc1cccs1.CCCCCCCCCCCCCCCC(=O)N(CCCC[NH3+])CC(=O)N(CC(C)=O)Cc1cccs1. The van der Waals surface area contributed by atoms with E-state index in [1.165, 1.54) is 155 Å². The van der Waals surface area contributed by atoms with Crippen LogP contribution in [0, 0.1) is 0 Å². The first-order valence-electron chi connectivity index (χ1n) is 30.8. The van der Waals surface area contributed by atoms with E-state index in [1.54, 1.807) is 42.3 Å². The number of quaternary nitrogens is 2. The summed E-state index contributed by atoms with van der Waals surface area (Å²) in [5, 5.41) is 3.95. The number of hydrogen-bond donors (Lipinski definition) is 1. The highest BCUT2D eigenvalue weighted by Gasteiger charge is 2.24. The molecule has 0 aliphatic carbocycles. The third-order valence-corrected chi connectivity index (χ3v) is 15.9. The van der Waals surface area contributed by atoms with E-state index in [0.717, 1.165) is 78.7 Å². The molecule has 442 valence electrons. The van der Waals surface area contributed by atoms with Gasteiger partial charge in [0.25, 0.3) is 0 Å². The van der Waals surface area contributed by atoms with Gasteiger partial charge in [-0.2, -0.15) is 0 Å². The molecule has 3 N–H and O–H groups in total. The smallest absolute Gasteiger partial charge is 0.242 e. The molecule has 77 heavy (non-hydrogen) atoms. The number of thiophene rings is 2.